The van der Waals surface area contributed by atoms with Crippen molar-refractivity contribution < 1.29 is 9.53 Å². The molecule has 0 aromatic carbocycles. The van der Waals surface area contributed by atoms with Gasteiger partial charge in [-0.25, -0.2) is 9.98 Å². The van der Waals surface area contributed by atoms with E-state index >= 15 is 0 Å². The molecule has 1 N–H and O–H groups in total. The molecular formula is C10H13N3O2S2. The van der Waals surface area contributed by atoms with Crippen LogP contribution in [-0.4, -0.2) is 33.3 Å². The highest BCUT2D eigenvalue weighted by molar-refractivity contribution is 8.14. The third-order valence-electron chi connectivity index (χ3n) is 1.66. The summed E-state index contributed by atoms with van der Waals surface area (Å²) in [4.78, 5) is 22.2. The molecule has 1 aromatic heterocycles. The number of carbonyl (C=O) groups is 1. The molecule has 0 bridgehead atoms. The summed E-state index contributed by atoms with van der Waals surface area (Å²) in [7, 11) is 0. The SMILES string of the molecule is CCOC(=O)CSC(C)=Nc1ncc[nH]c1=S. The van der Waals surface area contributed by atoms with Gasteiger partial charge in [0.2, 0.25) is 0 Å². The van der Waals surface area contributed by atoms with Crippen LogP contribution in [0.2, 0.25) is 0 Å². The third-order valence-corrected chi connectivity index (χ3v) is 2.85. The van der Waals surface area contributed by atoms with Crippen molar-refractivity contribution in [2.24, 2.45) is 4.99 Å². The maximum Gasteiger partial charge on any atom is 0.316 e. The maximum absolute atomic E-state index is 11.1. The van der Waals surface area contributed by atoms with Crippen molar-refractivity contribution in [3.8, 4) is 0 Å². The molecule has 0 saturated heterocycles. The van der Waals surface area contributed by atoms with E-state index < -0.39 is 0 Å². The fraction of sp³-hybridized carbons (Fsp3) is 0.400. The Morgan fingerprint density at radius 1 is 1.71 bits per heavy atom. The quantitative estimate of drug-likeness (QED) is 0.394. The number of aromatic nitrogens is 2. The van der Waals surface area contributed by atoms with Crippen molar-refractivity contribution in [1.82, 2.24) is 9.97 Å². The van der Waals surface area contributed by atoms with Crippen LogP contribution in [-0.2, 0) is 9.53 Å². The molecule has 0 spiro atoms. The Labute approximate surface area is 109 Å². The molecular weight excluding hydrogens is 258 g/mol. The van der Waals surface area contributed by atoms with E-state index in [4.69, 9.17) is 17.0 Å². The molecule has 17 heavy (non-hydrogen) atoms. The number of carbonyl (C=O) groups excluding carboxylic acids is 1. The first-order valence-corrected chi connectivity index (χ1v) is 6.40. The van der Waals surface area contributed by atoms with Crippen molar-refractivity contribution in [3.05, 3.63) is 17.0 Å². The highest BCUT2D eigenvalue weighted by atomic mass is 32.2. The summed E-state index contributed by atoms with van der Waals surface area (Å²) in [6.45, 7) is 3.96. The number of hydrogen-bond acceptors (Lipinski definition) is 6. The van der Waals surface area contributed by atoms with E-state index in [1.807, 2.05) is 0 Å². The lowest BCUT2D eigenvalue weighted by Crippen LogP contribution is -2.07. The van der Waals surface area contributed by atoms with Crippen LogP contribution in [0, 0.1) is 4.64 Å². The van der Waals surface area contributed by atoms with Gasteiger partial charge in [0.1, 0.15) is 4.64 Å². The Kier molecular flexibility index (Phi) is 5.85. The molecule has 0 saturated carbocycles. The molecule has 1 heterocycles. The lowest BCUT2D eigenvalue weighted by atomic mass is 10.7. The van der Waals surface area contributed by atoms with Gasteiger partial charge in [-0.1, -0.05) is 24.0 Å². The fourth-order valence-corrected chi connectivity index (χ4v) is 1.70. The Morgan fingerprint density at radius 2 is 2.47 bits per heavy atom. The normalized spacial score (nSPS) is 11.3. The summed E-state index contributed by atoms with van der Waals surface area (Å²) >= 11 is 6.32. The van der Waals surface area contributed by atoms with Gasteiger partial charge in [0.25, 0.3) is 0 Å². The van der Waals surface area contributed by atoms with Crippen molar-refractivity contribution in [1.29, 1.82) is 0 Å². The minimum absolute atomic E-state index is 0.243. The van der Waals surface area contributed by atoms with Gasteiger partial charge in [0.15, 0.2) is 5.82 Å². The summed E-state index contributed by atoms with van der Waals surface area (Å²) in [6.07, 6.45) is 3.22. The highest BCUT2D eigenvalue weighted by Crippen LogP contribution is 2.12. The topological polar surface area (TPSA) is 67.3 Å². The number of H-pyrrole nitrogens is 1. The van der Waals surface area contributed by atoms with Crippen LogP contribution in [0.1, 0.15) is 13.8 Å². The number of nitrogens with one attached hydrogen (secondary N) is 1. The molecule has 0 fully saturated rings. The summed E-state index contributed by atoms with van der Waals surface area (Å²) in [5.74, 6) is 0.446. The van der Waals surface area contributed by atoms with Crippen molar-refractivity contribution in [2.45, 2.75) is 13.8 Å². The number of nitrogens with zero attached hydrogens (tertiary/aromatic N) is 2. The molecule has 7 heteroatoms. The van der Waals surface area contributed by atoms with Gasteiger partial charge in [-0.2, -0.15) is 0 Å². The third kappa shape index (κ3) is 5.10. The van der Waals surface area contributed by atoms with Crippen LogP contribution < -0.4 is 0 Å². The zero-order chi connectivity index (χ0) is 12.7. The van der Waals surface area contributed by atoms with E-state index in [1.54, 1.807) is 26.2 Å². The average molecular weight is 271 g/mol. The molecule has 0 aliphatic rings. The number of aliphatic imine (C=N–C) groups is 1. The van der Waals surface area contributed by atoms with Crippen LogP contribution in [0.25, 0.3) is 0 Å². The van der Waals surface area contributed by atoms with Crippen LogP contribution in [0.15, 0.2) is 17.4 Å². The standard InChI is InChI=1S/C10H13N3O2S2/c1-3-15-8(14)6-17-7(2)13-9-10(16)12-5-4-11-9/h4-5H,3,6H2,1-2H3,(H,12,16). The van der Waals surface area contributed by atoms with E-state index in [2.05, 4.69) is 15.0 Å². The number of esters is 1. The smallest absolute Gasteiger partial charge is 0.316 e. The molecule has 0 amide bonds. The van der Waals surface area contributed by atoms with Crippen LogP contribution >= 0.6 is 24.0 Å². The number of ether oxygens (including phenoxy) is 1. The van der Waals surface area contributed by atoms with Crippen molar-refractivity contribution in [3.63, 3.8) is 0 Å². The highest BCUT2D eigenvalue weighted by Gasteiger charge is 2.04. The fourth-order valence-electron chi connectivity index (χ4n) is 0.971. The summed E-state index contributed by atoms with van der Waals surface area (Å²) in [5.41, 5.74) is 0. The van der Waals surface area contributed by atoms with E-state index in [9.17, 15) is 4.79 Å². The predicted molar refractivity (Wildman–Crippen MR) is 71.3 cm³/mol. The van der Waals surface area contributed by atoms with E-state index in [0.717, 1.165) is 5.04 Å². The van der Waals surface area contributed by atoms with Gasteiger partial charge >= 0.3 is 5.97 Å². The molecule has 92 valence electrons. The summed E-state index contributed by atoms with van der Waals surface area (Å²) < 4.78 is 5.28. The van der Waals surface area contributed by atoms with Crippen molar-refractivity contribution in [2.75, 3.05) is 12.4 Å². The first-order valence-electron chi connectivity index (χ1n) is 5.01. The second-order valence-corrected chi connectivity index (χ2v) is 4.54. The zero-order valence-corrected chi connectivity index (χ0v) is 11.2. The van der Waals surface area contributed by atoms with Gasteiger partial charge < -0.3 is 9.72 Å². The minimum Gasteiger partial charge on any atom is -0.465 e. The molecule has 0 unspecified atom stereocenters. The van der Waals surface area contributed by atoms with E-state index in [0.29, 0.717) is 17.1 Å². The molecule has 1 rings (SSSR count). The Morgan fingerprint density at radius 3 is 3.12 bits per heavy atom. The number of thioether (sulfide) groups is 1. The second-order valence-electron chi connectivity index (χ2n) is 2.97. The summed E-state index contributed by atoms with van der Waals surface area (Å²) in [5, 5.41) is 0.719. The predicted octanol–water partition coefficient (Wildman–Crippen LogP) is 2.49. The Hall–Kier alpha value is -1.21. The largest absolute Gasteiger partial charge is 0.465 e. The first-order chi connectivity index (χ1) is 8.13. The molecule has 1 aromatic rings. The molecule has 0 radical (unpaired) electrons. The lowest BCUT2D eigenvalue weighted by molar-refractivity contribution is -0.139. The minimum atomic E-state index is -0.252. The number of aromatic amines is 1. The van der Waals surface area contributed by atoms with E-state index in [1.165, 1.54) is 11.8 Å². The number of hydrogen-bond donors (Lipinski definition) is 1. The van der Waals surface area contributed by atoms with Gasteiger partial charge in [0, 0.05) is 12.4 Å². The molecule has 0 atom stereocenters. The van der Waals surface area contributed by atoms with Gasteiger partial charge in [-0.15, -0.1) is 0 Å². The Bertz CT molecular complexity index is 471. The Balaban J connectivity index is 2.59. The molecule has 5 nitrogen and oxygen atoms in total. The average Bonchev–Trinajstić information content (AvgIpc) is 2.30. The van der Waals surface area contributed by atoms with Crippen LogP contribution in [0.4, 0.5) is 5.82 Å². The number of rotatable bonds is 4. The van der Waals surface area contributed by atoms with Crippen LogP contribution in [0.3, 0.4) is 0 Å². The van der Waals surface area contributed by atoms with E-state index in [-0.39, 0.29) is 11.7 Å². The lowest BCUT2D eigenvalue weighted by Gasteiger charge is -2.01. The first kappa shape index (κ1) is 13.9. The van der Waals surface area contributed by atoms with Crippen molar-refractivity contribution >= 4 is 40.8 Å². The van der Waals surface area contributed by atoms with Crippen LogP contribution in [0.5, 0.6) is 0 Å². The maximum atomic E-state index is 11.1. The monoisotopic (exact) mass is 271 g/mol. The van der Waals surface area contributed by atoms with Gasteiger partial charge in [-0.3, -0.25) is 4.79 Å². The van der Waals surface area contributed by atoms with Gasteiger partial charge in [0.05, 0.1) is 17.4 Å². The molecule has 0 aliphatic heterocycles. The van der Waals surface area contributed by atoms with Gasteiger partial charge in [-0.05, 0) is 13.8 Å². The molecule has 0 aliphatic carbocycles. The summed E-state index contributed by atoms with van der Waals surface area (Å²) in [6, 6.07) is 0. The second kappa shape index (κ2) is 7.18. The zero-order valence-electron chi connectivity index (χ0n) is 9.60.